The fourth-order valence-electron chi connectivity index (χ4n) is 1.94. The van der Waals surface area contributed by atoms with Crippen molar-refractivity contribution in [1.29, 1.82) is 0 Å². The summed E-state index contributed by atoms with van der Waals surface area (Å²) in [6, 6.07) is 10.8. The second-order valence-corrected chi connectivity index (χ2v) is 3.96. The van der Waals surface area contributed by atoms with Gasteiger partial charge >= 0.3 is 0 Å². The van der Waals surface area contributed by atoms with Gasteiger partial charge in [0.1, 0.15) is 0 Å². The Bertz CT molecular complexity index is 284. The molecular formula is C13H16. The molecule has 1 aromatic carbocycles. The smallest absolute Gasteiger partial charge is 0.00182 e. The van der Waals surface area contributed by atoms with E-state index in [1.807, 2.05) is 0 Å². The van der Waals surface area contributed by atoms with E-state index in [4.69, 9.17) is 0 Å². The van der Waals surface area contributed by atoms with Crippen molar-refractivity contribution in [3.8, 4) is 0 Å². The molecule has 0 amide bonds. The first-order valence-electron chi connectivity index (χ1n) is 5.09. The monoisotopic (exact) mass is 172 g/mol. The van der Waals surface area contributed by atoms with Crippen LogP contribution in [-0.2, 0) is 0 Å². The number of rotatable bonds is 1. The minimum Gasteiger partial charge on any atom is -0.0851 e. The van der Waals surface area contributed by atoms with Crippen LogP contribution in [-0.4, -0.2) is 0 Å². The molecule has 1 aliphatic rings. The van der Waals surface area contributed by atoms with Crippen molar-refractivity contribution >= 4 is 0 Å². The Kier molecular flexibility index (Phi) is 2.49. The Morgan fingerprint density at radius 2 is 1.77 bits per heavy atom. The van der Waals surface area contributed by atoms with Crippen LogP contribution in [0.25, 0.3) is 0 Å². The number of allylic oxidation sites excluding steroid dienone is 2. The SMILES string of the molecule is C[C@H]1C=C[C@@H](c2ccccc2)CC1. The standard InChI is InChI=1S/C13H16/c1-11-7-9-13(10-8-11)12-5-3-2-4-6-12/h2-7,9,11,13H,8,10H2,1H3/t11-,13+/m0/s1. The van der Waals surface area contributed by atoms with Crippen LogP contribution < -0.4 is 0 Å². The molecule has 0 saturated carbocycles. The lowest BCUT2D eigenvalue weighted by molar-refractivity contribution is 0.545. The van der Waals surface area contributed by atoms with Gasteiger partial charge in [-0.15, -0.1) is 0 Å². The zero-order chi connectivity index (χ0) is 9.10. The van der Waals surface area contributed by atoms with E-state index in [9.17, 15) is 0 Å². The van der Waals surface area contributed by atoms with Crippen LogP contribution in [0, 0.1) is 5.92 Å². The molecule has 13 heavy (non-hydrogen) atoms. The third-order valence-corrected chi connectivity index (χ3v) is 2.83. The first kappa shape index (κ1) is 8.55. The van der Waals surface area contributed by atoms with Gasteiger partial charge in [0.2, 0.25) is 0 Å². The van der Waals surface area contributed by atoms with Gasteiger partial charge in [0.15, 0.2) is 0 Å². The summed E-state index contributed by atoms with van der Waals surface area (Å²) in [6.07, 6.45) is 7.35. The molecule has 0 heteroatoms. The van der Waals surface area contributed by atoms with Crippen molar-refractivity contribution in [1.82, 2.24) is 0 Å². The Morgan fingerprint density at radius 1 is 1.00 bits per heavy atom. The van der Waals surface area contributed by atoms with Crippen molar-refractivity contribution in [3.05, 3.63) is 48.0 Å². The van der Waals surface area contributed by atoms with Gasteiger partial charge in [-0.05, 0) is 24.3 Å². The predicted octanol–water partition coefficient (Wildman–Crippen LogP) is 3.76. The third-order valence-electron chi connectivity index (χ3n) is 2.83. The minimum atomic E-state index is 0.664. The molecule has 0 bridgehead atoms. The molecule has 68 valence electrons. The highest BCUT2D eigenvalue weighted by molar-refractivity contribution is 5.24. The lowest BCUT2D eigenvalue weighted by Gasteiger charge is -2.20. The molecule has 0 saturated heterocycles. The van der Waals surface area contributed by atoms with Crippen LogP contribution in [0.2, 0.25) is 0 Å². The Labute approximate surface area is 80.3 Å². The average Bonchev–Trinajstić information content (AvgIpc) is 2.20. The van der Waals surface area contributed by atoms with Crippen LogP contribution in [0.3, 0.4) is 0 Å². The maximum atomic E-state index is 2.36. The van der Waals surface area contributed by atoms with Gasteiger partial charge in [-0.3, -0.25) is 0 Å². The lowest BCUT2D eigenvalue weighted by Crippen LogP contribution is -2.04. The molecule has 0 nitrogen and oxygen atoms in total. The van der Waals surface area contributed by atoms with Gasteiger partial charge in [0.05, 0.1) is 0 Å². The van der Waals surface area contributed by atoms with E-state index in [-0.39, 0.29) is 0 Å². The summed E-state index contributed by atoms with van der Waals surface area (Å²) in [7, 11) is 0. The number of hydrogen-bond acceptors (Lipinski definition) is 0. The van der Waals surface area contributed by atoms with E-state index in [0.717, 1.165) is 5.92 Å². The highest BCUT2D eigenvalue weighted by atomic mass is 14.2. The van der Waals surface area contributed by atoms with E-state index in [1.54, 1.807) is 0 Å². The summed E-state index contributed by atoms with van der Waals surface area (Å²) >= 11 is 0. The fraction of sp³-hybridized carbons (Fsp3) is 0.385. The number of benzene rings is 1. The van der Waals surface area contributed by atoms with Gasteiger partial charge in [-0.2, -0.15) is 0 Å². The first-order valence-corrected chi connectivity index (χ1v) is 5.09. The topological polar surface area (TPSA) is 0 Å². The molecule has 1 aromatic rings. The molecule has 2 atom stereocenters. The van der Waals surface area contributed by atoms with Crippen LogP contribution in [0.1, 0.15) is 31.2 Å². The molecule has 1 aliphatic carbocycles. The molecule has 0 aromatic heterocycles. The Balaban J connectivity index is 2.15. The molecular weight excluding hydrogens is 156 g/mol. The lowest BCUT2D eigenvalue weighted by atomic mass is 9.85. The van der Waals surface area contributed by atoms with Crippen molar-refractivity contribution in [2.24, 2.45) is 5.92 Å². The zero-order valence-electron chi connectivity index (χ0n) is 8.11. The summed E-state index contributed by atoms with van der Waals surface area (Å²) in [5.74, 6) is 1.44. The fourth-order valence-corrected chi connectivity index (χ4v) is 1.94. The van der Waals surface area contributed by atoms with Gasteiger partial charge in [0.25, 0.3) is 0 Å². The molecule has 0 unspecified atom stereocenters. The maximum absolute atomic E-state index is 2.36. The summed E-state index contributed by atoms with van der Waals surface area (Å²) < 4.78 is 0. The van der Waals surface area contributed by atoms with Crippen LogP contribution in [0.5, 0.6) is 0 Å². The predicted molar refractivity (Wildman–Crippen MR) is 56.7 cm³/mol. The van der Waals surface area contributed by atoms with Crippen molar-refractivity contribution in [2.45, 2.75) is 25.7 Å². The summed E-state index contributed by atoms with van der Waals surface area (Å²) in [6.45, 7) is 2.29. The highest BCUT2D eigenvalue weighted by Gasteiger charge is 2.13. The van der Waals surface area contributed by atoms with E-state index in [1.165, 1.54) is 18.4 Å². The van der Waals surface area contributed by atoms with E-state index < -0.39 is 0 Å². The molecule has 0 spiro atoms. The van der Waals surface area contributed by atoms with Crippen molar-refractivity contribution < 1.29 is 0 Å². The summed E-state index contributed by atoms with van der Waals surface area (Å²) in [4.78, 5) is 0. The molecule has 0 fully saturated rings. The second kappa shape index (κ2) is 3.78. The second-order valence-electron chi connectivity index (χ2n) is 3.96. The Morgan fingerprint density at radius 3 is 2.38 bits per heavy atom. The van der Waals surface area contributed by atoms with Gasteiger partial charge in [0, 0.05) is 5.92 Å². The van der Waals surface area contributed by atoms with E-state index >= 15 is 0 Å². The van der Waals surface area contributed by atoms with Gasteiger partial charge < -0.3 is 0 Å². The number of hydrogen-bond donors (Lipinski definition) is 0. The molecule has 0 heterocycles. The van der Waals surface area contributed by atoms with Gasteiger partial charge in [-0.1, -0.05) is 49.4 Å². The largest absolute Gasteiger partial charge is 0.0851 e. The van der Waals surface area contributed by atoms with E-state index in [2.05, 4.69) is 49.4 Å². The normalized spacial score (nSPS) is 27.5. The minimum absolute atomic E-state index is 0.664. The summed E-state index contributed by atoms with van der Waals surface area (Å²) in [5, 5.41) is 0. The van der Waals surface area contributed by atoms with Crippen molar-refractivity contribution in [2.75, 3.05) is 0 Å². The Hall–Kier alpha value is -1.04. The van der Waals surface area contributed by atoms with Crippen LogP contribution in [0.4, 0.5) is 0 Å². The molecule has 0 radical (unpaired) electrons. The van der Waals surface area contributed by atoms with E-state index in [0.29, 0.717) is 5.92 Å². The molecule has 2 rings (SSSR count). The quantitative estimate of drug-likeness (QED) is 0.566. The molecule has 0 aliphatic heterocycles. The highest BCUT2D eigenvalue weighted by Crippen LogP contribution is 2.29. The van der Waals surface area contributed by atoms with Crippen molar-refractivity contribution in [3.63, 3.8) is 0 Å². The molecule has 0 N–H and O–H groups in total. The van der Waals surface area contributed by atoms with Gasteiger partial charge in [-0.25, -0.2) is 0 Å². The zero-order valence-corrected chi connectivity index (χ0v) is 8.11. The average molecular weight is 172 g/mol. The third kappa shape index (κ3) is 2.00. The van der Waals surface area contributed by atoms with Crippen LogP contribution >= 0.6 is 0 Å². The summed E-state index contributed by atoms with van der Waals surface area (Å²) in [5.41, 5.74) is 1.46. The maximum Gasteiger partial charge on any atom is 0.00182 e. The first-order chi connectivity index (χ1) is 6.36. The van der Waals surface area contributed by atoms with Crippen LogP contribution in [0.15, 0.2) is 42.5 Å².